The highest BCUT2D eigenvalue weighted by Gasteiger charge is 2.52. The summed E-state index contributed by atoms with van der Waals surface area (Å²) in [6.45, 7) is 6.16. The summed E-state index contributed by atoms with van der Waals surface area (Å²) in [5.74, 6) is 1.35. The molecule has 2 aliphatic heterocycles. The lowest BCUT2D eigenvalue weighted by Crippen LogP contribution is -2.64. The molecule has 2 aliphatic rings. The summed E-state index contributed by atoms with van der Waals surface area (Å²) < 4.78 is 16.7. The Bertz CT molecular complexity index is 566. The average Bonchev–Trinajstić information content (AvgIpc) is 3.09. The summed E-state index contributed by atoms with van der Waals surface area (Å²) in [5, 5.41) is 4.05. The van der Waals surface area contributed by atoms with Gasteiger partial charge in [0.25, 0.3) is 0 Å². The van der Waals surface area contributed by atoms with E-state index in [1.807, 2.05) is 13.0 Å². The largest absolute Gasteiger partial charge is 0.372 e. The maximum Gasteiger partial charge on any atom is 0.248 e. The van der Waals surface area contributed by atoms with Crippen molar-refractivity contribution in [3.8, 4) is 0 Å². The van der Waals surface area contributed by atoms with Crippen LogP contribution >= 0.6 is 0 Å². The van der Waals surface area contributed by atoms with Crippen LogP contribution in [0.4, 0.5) is 0 Å². The normalized spacial score (nSPS) is 22.7. The van der Waals surface area contributed by atoms with Gasteiger partial charge in [-0.05, 0) is 25.7 Å². The van der Waals surface area contributed by atoms with Crippen molar-refractivity contribution in [1.82, 2.24) is 15.0 Å². The van der Waals surface area contributed by atoms with Gasteiger partial charge in [-0.3, -0.25) is 9.69 Å². The molecule has 1 aromatic rings. The molecule has 1 aromatic heterocycles. The van der Waals surface area contributed by atoms with Crippen molar-refractivity contribution in [3.63, 3.8) is 0 Å². The summed E-state index contributed by atoms with van der Waals surface area (Å²) in [4.78, 5) is 15.4. The number of amides is 1. The van der Waals surface area contributed by atoms with E-state index in [-0.39, 0.29) is 18.1 Å². The van der Waals surface area contributed by atoms with Crippen molar-refractivity contribution in [1.29, 1.82) is 0 Å². The number of rotatable bonds is 7. The Morgan fingerprint density at radius 3 is 2.96 bits per heavy atom. The predicted octanol–water partition coefficient (Wildman–Crippen LogP) is 1.07. The van der Waals surface area contributed by atoms with Crippen molar-refractivity contribution in [2.24, 2.45) is 5.92 Å². The van der Waals surface area contributed by atoms with Gasteiger partial charge in [0, 0.05) is 53.0 Å². The lowest BCUT2D eigenvalue weighted by molar-refractivity contribution is -0.141. The van der Waals surface area contributed by atoms with E-state index < -0.39 is 0 Å². The van der Waals surface area contributed by atoms with Crippen LogP contribution in [0.3, 0.4) is 0 Å². The molecule has 1 atom stereocenters. The quantitative estimate of drug-likeness (QED) is 0.693. The first-order valence-corrected chi connectivity index (χ1v) is 8.55. The van der Waals surface area contributed by atoms with Gasteiger partial charge in [0.2, 0.25) is 5.91 Å². The van der Waals surface area contributed by atoms with Gasteiger partial charge in [-0.25, -0.2) is 0 Å². The van der Waals surface area contributed by atoms with E-state index in [4.69, 9.17) is 14.0 Å². The van der Waals surface area contributed by atoms with Crippen LogP contribution in [0.15, 0.2) is 10.6 Å². The molecule has 2 saturated heterocycles. The van der Waals surface area contributed by atoms with E-state index in [9.17, 15) is 4.79 Å². The molecule has 0 saturated carbocycles. The SMILES string of the molecule is Cc1cc(CN2CC3(C2)OCCC3CCOCC(=O)N(C)C)no1. The van der Waals surface area contributed by atoms with E-state index in [1.165, 1.54) is 0 Å². The molecule has 3 rings (SSSR count). The van der Waals surface area contributed by atoms with Crippen LogP contribution in [-0.4, -0.2) is 73.5 Å². The molecule has 1 amide bonds. The molecule has 24 heavy (non-hydrogen) atoms. The average molecular weight is 337 g/mol. The highest BCUT2D eigenvalue weighted by atomic mass is 16.5. The van der Waals surface area contributed by atoms with Crippen molar-refractivity contribution >= 4 is 5.91 Å². The van der Waals surface area contributed by atoms with Crippen molar-refractivity contribution < 1.29 is 18.8 Å². The van der Waals surface area contributed by atoms with Crippen LogP contribution in [0.5, 0.6) is 0 Å². The fourth-order valence-electron chi connectivity index (χ4n) is 3.60. The number of likely N-dealkylation sites (N-methyl/N-ethyl adjacent to an activating group) is 1. The van der Waals surface area contributed by atoms with Crippen LogP contribution in [0, 0.1) is 12.8 Å². The number of nitrogens with zero attached hydrogens (tertiary/aromatic N) is 3. The van der Waals surface area contributed by atoms with E-state index in [1.54, 1.807) is 19.0 Å². The number of ether oxygens (including phenoxy) is 2. The summed E-state index contributed by atoms with van der Waals surface area (Å²) in [5.41, 5.74) is 0.940. The molecule has 2 fully saturated rings. The minimum atomic E-state index is -0.0340. The van der Waals surface area contributed by atoms with Crippen LogP contribution in [0.1, 0.15) is 24.3 Å². The fourth-order valence-corrected chi connectivity index (χ4v) is 3.60. The third-order valence-corrected chi connectivity index (χ3v) is 4.98. The third-order valence-electron chi connectivity index (χ3n) is 4.98. The van der Waals surface area contributed by atoms with E-state index in [0.29, 0.717) is 12.5 Å². The van der Waals surface area contributed by atoms with Crippen molar-refractivity contribution in [2.75, 3.05) is 47.0 Å². The third kappa shape index (κ3) is 3.79. The summed E-state index contributed by atoms with van der Waals surface area (Å²) in [6.07, 6.45) is 2.01. The summed E-state index contributed by atoms with van der Waals surface area (Å²) in [6, 6.07) is 1.98. The first-order valence-electron chi connectivity index (χ1n) is 8.55. The van der Waals surface area contributed by atoms with Gasteiger partial charge < -0.3 is 18.9 Å². The van der Waals surface area contributed by atoms with Crippen LogP contribution in [-0.2, 0) is 20.8 Å². The Balaban J connectivity index is 1.41. The van der Waals surface area contributed by atoms with E-state index >= 15 is 0 Å². The molecule has 3 heterocycles. The van der Waals surface area contributed by atoms with Crippen molar-refractivity contribution in [3.05, 3.63) is 17.5 Å². The highest BCUT2D eigenvalue weighted by molar-refractivity contribution is 5.76. The minimum Gasteiger partial charge on any atom is -0.372 e. The summed E-state index contributed by atoms with van der Waals surface area (Å²) in [7, 11) is 3.48. The number of carbonyl (C=O) groups is 1. The van der Waals surface area contributed by atoms with Gasteiger partial charge in [-0.1, -0.05) is 5.16 Å². The van der Waals surface area contributed by atoms with Gasteiger partial charge >= 0.3 is 0 Å². The molecular formula is C17H27N3O4. The second-order valence-electron chi connectivity index (χ2n) is 7.10. The Kier molecular flexibility index (Phi) is 5.22. The molecule has 134 valence electrons. The van der Waals surface area contributed by atoms with Gasteiger partial charge in [0.1, 0.15) is 12.4 Å². The zero-order valence-electron chi connectivity index (χ0n) is 14.8. The number of aryl methyl sites for hydroxylation is 1. The van der Waals surface area contributed by atoms with Crippen molar-refractivity contribution in [2.45, 2.75) is 31.9 Å². The molecule has 0 N–H and O–H groups in total. The number of aromatic nitrogens is 1. The molecule has 7 heteroatoms. The maximum atomic E-state index is 11.5. The number of likely N-dealkylation sites (tertiary alicyclic amines) is 1. The molecule has 0 aliphatic carbocycles. The van der Waals surface area contributed by atoms with E-state index in [0.717, 1.165) is 50.5 Å². The van der Waals surface area contributed by atoms with Crippen LogP contribution < -0.4 is 0 Å². The van der Waals surface area contributed by atoms with Gasteiger partial charge in [0.15, 0.2) is 0 Å². The van der Waals surface area contributed by atoms with Gasteiger partial charge in [-0.2, -0.15) is 0 Å². The molecule has 0 bridgehead atoms. The fraction of sp³-hybridized carbons (Fsp3) is 0.765. The molecule has 0 aromatic carbocycles. The predicted molar refractivity (Wildman–Crippen MR) is 87.4 cm³/mol. The van der Waals surface area contributed by atoms with E-state index in [2.05, 4.69) is 10.1 Å². The second-order valence-corrected chi connectivity index (χ2v) is 7.10. The number of hydrogen-bond acceptors (Lipinski definition) is 6. The molecule has 1 spiro atoms. The van der Waals surface area contributed by atoms with Gasteiger partial charge in [-0.15, -0.1) is 0 Å². The second kappa shape index (κ2) is 7.21. The molecule has 7 nitrogen and oxygen atoms in total. The smallest absolute Gasteiger partial charge is 0.248 e. The Labute approximate surface area is 142 Å². The maximum absolute atomic E-state index is 11.5. The lowest BCUT2D eigenvalue weighted by Gasteiger charge is -2.50. The first kappa shape index (κ1) is 17.4. The topological polar surface area (TPSA) is 68.0 Å². The minimum absolute atomic E-state index is 0.00473. The lowest BCUT2D eigenvalue weighted by atomic mass is 9.79. The molecular weight excluding hydrogens is 310 g/mol. The Morgan fingerprint density at radius 2 is 2.29 bits per heavy atom. The molecule has 1 unspecified atom stereocenters. The number of hydrogen-bond donors (Lipinski definition) is 0. The summed E-state index contributed by atoms with van der Waals surface area (Å²) >= 11 is 0. The Hall–Kier alpha value is -1.44. The standard InChI is InChI=1S/C17H27N3O4/c1-13-8-15(18-24-13)9-20-11-17(12-20)14(5-7-23-17)4-6-22-10-16(21)19(2)3/h8,14H,4-7,9-12H2,1-3H3. The zero-order chi connectivity index (χ0) is 17.2. The Morgan fingerprint density at radius 1 is 1.50 bits per heavy atom. The zero-order valence-corrected chi connectivity index (χ0v) is 14.8. The van der Waals surface area contributed by atoms with Crippen LogP contribution in [0.2, 0.25) is 0 Å². The highest BCUT2D eigenvalue weighted by Crippen LogP contribution is 2.42. The monoisotopic (exact) mass is 337 g/mol. The molecule has 0 radical (unpaired) electrons. The first-order chi connectivity index (χ1) is 11.5. The van der Waals surface area contributed by atoms with Gasteiger partial charge in [0.05, 0.1) is 11.3 Å². The van der Waals surface area contributed by atoms with Crippen LogP contribution in [0.25, 0.3) is 0 Å². The number of carbonyl (C=O) groups excluding carboxylic acids is 1.